The van der Waals surface area contributed by atoms with E-state index in [1.807, 2.05) is 0 Å². The van der Waals surface area contributed by atoms with Crippen LogP contribution >= 0.6 is 0 Å². The maximum Gasteiger partial charge on any atom is 0.220 e. The summed E-state index contributed by atoms with van der Waals surface area (Å²) >= 11 is 0. The lowest BCUT2D eigenvalue weighted by Gasteiger charge is -2.04. The van der Waals surface area contributed by atoms with E-state index in [2.05, 4.69) is 5.32 Å². The fourth-order valence-electron chi connectivity index (χ4n) is 1.18. The number of carbonyl (C=O) groups excluding carboxylic acids is 2. The van der Waals surface area contributed by atoms with Crippen LogP contribution in [0.25, 0.3) is 0 Å². The number of amides is 1. The van der Waals surface area contributed by atoms with E-state index >= 15 is 0 Å². The summed E-state index contributed by atoms with van der Waals surface area (Å²) in [5.74, 6) is -0.469. The van der Waals surface area contributed by atoms with Gasteiger partial charge in [-0.3, -0.25) is 4.79 Å². The van der Waals surface area contributed by atoms with Crippen molar-refractivity contribution < 1.29 is 14.0 Å². The summed E-state index contributed by atoms with van der Waals surface area (Å²) in [5, 5.41) is 2.66. The van der Waals surface area contributed by atoms with Crippen LogP contribution in [0.4, 0.5) is 4.39 Å². The van der Waals surface area contributed by atoms with Gasteiger partial charge >= 0.3 is 0 Å². The van der Waals surface area contributed by atoms with Gasteiger partial charge in [-0.15, -0.1) is 0 Å². The Morgan fingerprint density at radius 1 is 1.19 bits per heavy atom. The van der Waals surface area contributed by atoms with Gasteiger partial charge in [0.05, 0.1) is 0 Å². The normalized spacial score (nSPS) is 9.88. The summed E-state index contributed by atoms with van der Waals surface area (Å²) < 4.78 is 12.6. The summed E-state index contributed by atoms with van der Waals surface area (Å²) in [5.41, 5.74) is 0.831. The van der Waals surface area contributed by atoms with Crippen molar-refractivity contribution in [3.05, 3.63) is 35.6 Å². The van der Waals surface area contributed by atoms with E-state index in [4.69, 9.17) is 0 Å². The van der Waals surface area contributed by atoms with Gasteiger partial charge in [-0.05, 0) is 24.6 Å². The first-order valence-corrected chi connectivity index (χ1v) is 5.08. The minimum Gasteiger partial charge on any atom is -0.352 e. The Balaban J connectivity index is 2.31. The summed E-state index contributed by atoms with van der Waals surface area (Å²) in [6, 6.07) is 5.91. The van der Waals surface area contributed by atoms with Gasteiger partial charge < -0.3 is 10.1 Å². The molecule has 1 amide bonds. The van der Waals surface area contributed by atoms with Crippen LogP contribution < -0.4 is 5.32 Å². The minimum atomic E-state index is -0.299. The van der Waals surface area contributed by atoms with Crippen molar-refractivity contribution in [2.24, 2.45) is 0 Å². The molecule has 0 heterocycles. The van der Waals surface area contributed by atoms with Gasteiger partial charge in [-0.1, -0.05) is 12.1 Å². The highest BCUT2D eigenvalue weighted by atomic mass is 19.1. The van der Waals surface area contributed by atoms with Crippen LogP contribution in [0.1, 0.15) is 25.3 Å². The fraction of sp³-hybridized carbons (Fsp3) is 0.333. The first kappa shape index (κ1) is 12.4. The first-order chi connectivity index (χ1) is 7.58. The Labute approximate surface area is 93.7 Å². The second kappa shape index (κ2) is 6.00. The number of ketones is 1. The Hall–Kier alpha value is -1.71. The Kier molecular flexibility index (Phi) is 4.64. The van der Waals surface area contributed by atoms with Crippen LogP contribution in [0.5, 0.6) is 0 Å². The van der Waals surface area contributed by atoms with Gasteiger partial charge in [0.25, 0.3) is 0 Å². The maximum atomic E-state index is 12.6. The molecule has 0 bridgehead atoms. The van der Waals surface area contributed by atoms with Gasteiger partial charge in [0.2, 0.25) is 5.91 Å². The van der Waals surface area contributed by atoms with E-state index in [0.717, 1.165) is 5.56 Å². The standard InChI is InChI=1S/C12H14FNO2/c1-9(15)2-7-12(16)14-8-10-3-5-11(13)6-4-10/h3-6H,2,7-8H2,1H3,(H,14,16). The summed E-state index contributed by atoms with van der Waals surface area (Å²) in [4.78, 5) is 21.9. The van der Waals surface area contributed by atoms with Crippen LogP contribution in [0.3, 0.4) is 0 Å². The second-order valence-corrected chi connectivity index (χ2v) is 3.61. The maximum absolute atomic E-state index is 12.6. The SMILES string of the molecule is CC(=O)CCC(=O)NCc1ccc(F)cc1. The van der Waals surface area contributed by atoms with Crippen LogP contribution in [-0.2, 0) is 16.1 Å². The predicted molar refractivity (Wildman–Crippen MR) is 58.2 cm³/mol. The molecule has 0 aliphatic carbocycles. The number of carbonyl (C=O) groups is 2. The van der Waals surface area contributed by atoms with Crippen molar-refractivity contribution >= 4 is 11.7 Å². The average Bonchev–Trinajstić information content (AvgIpc) is 2.25. The lowest BCUT2D eigenvalue weighted by molar-refractivity contribution is -0.124. The van der Waals surface area contributed by atoms with E-state index in [-0.39, 0.29) is 30.3 Å². The molecule has 0 aromatic heterocycles. The van der Waals surface area contributed by atoms with Crippen molar-refractivity contribution in [2.45, 2.75) is 26.3 Å². The zero-order valence-electron chi connectivity index (χ0n) is 9.13. The zero-order chi connectivity index (χ0) is 12.0. The third kappa shape index (κ3) is 4.68. The molecule has 3 nitrogen and oxygen atoms in total. The molecule has 0 fully saturated rings. The highest BCUT2D eigenvalue weighted by molar-refractivity contribution is 5.83. The molecule has 16 heavy (non-hydrogen) atoms. The largest absolute Gasteiger partial charge is 0.352 e. The summed E-state index contributed by atoms with van der Waals surface area (Å²) in [6.07, 6.45) is 0.464. The average molecular weight is 223 g/mol. The highest BCUT2D eigenvalue weighted by Gasteiger charge is 2.03. The van der Waals surface area contributed by atoms with E-state index in [1.165, 1.54) is 19.1 Å². The van der Waals surface area contributed by atoms with Crippen molar-refractivity contribution in [2.75, 3.05) is 0 Å². The molecule has 4 heteroatoms. The summed E-state index contributed by atoms with van der Waals surface area (Å²) in [6.45, 7) is 1.81. The van der Waals surface area contributed by atoms with Gasteiger partial charge in [-0.2, -0.15) is 0 Å². The molecule has 0 saturated heterocycles. The molecule has 0 atom stereocenters. The quantitative estimate of drug-likeness (QED) is 0.827. The number of hydrogen-bond donors (Lipinski definition) is 1. The molecule has 1 N–H and O–H groups in total. The molecule has 1 aromatic carbocycles. The third-order valence-corrected chi connectivity index (χ3v) is 2.11. The van der Waals surface area contributed by atoms with Gasteiger partial charge in [0.1, 0.15) is 11.6 Å². The molecule has 1 rings (SSSR count). The van der Waals surface area contributed by atoms with Crippen LogP contribution in [-0.4, -0.2) is 11.7 Å². The fourth-order valence-corrected chi connectivity index (χ4v) is 1.18. The molecule has 0 unspecified atom stereocenters. The lowest BCUT2D eigenvalue weighted by atomic mass is 10.2. The second-order valence-electron chi connectivity index (χ2n) is 3.61. The number of nitrogens with one attached hydrogen (secondary N) is 1. The molecule has 0 saturated carbocycles. The minimum absolute atomic E-state index is 0.00284. The number of rotatable bonds is 5. The van der Waals surface area contributed by atoms with Crippen molar-refractivity contribution in [1.29, 1.82) is 0 Å². The van der Waals surface area contributed by atoms with E-state index in [0.29, 0.717) is 6.54 Å². The molecule has 0 spiro atoms. The molecule has 86 valence electrons. The molecule has 1 aromatic rings. The predicted octanol–water partition coefficient (Wildman–Crippen LogP) is 1.81. The third-order valence-electron chi connectivity index (χ3n) is 2.11. The van der Waals surface area contributed by atoms with Crippen molar-refractivity contribution in [1.82, 2.24) is 5.32 Å². The number of Topliss-reactive ketones (excluding diaryl/α,β-unsaturated/α-hetero) is 1. The topological polar surface area (TPSA) is 46.2 Å². The van der Waals surface area contributed by atoms with Gasteiger partial charge in [0.15, 0.2) is 0 Å². The Morgan fingerprint density at radius 2 is 1.81 bits per heavy atom. The van der Waals surface area contributed by atoms with Gasteiger partial charge in [0, 0.05) is 19.4 Å². The van der Waals surface area contributed by atoms with E-state index in [9.17, 15) is 14.0 Å². The molecular weight excluding hydrogens is 209 g/mol. The molecular formula is C12H14FNO2. The van der Waals surface area contributed by atoms with Crippen molar-refractivity contribution in [3.8, 4) is 0 Å². The number of hydrogen-bond acceptors (Lipinski definition) is 2. The van der Waals surface area contributed by atoms with E-state index in [1.54, 1.807) is 12.1 Å². The van der Waals surface area contributed by atoms with Gasteiger partial charge in [-0.25, -0.2) is 4.39 Å². The Bertz CT molecular complexity index is 373. The zero-order valence-corrected chi connectivity index (χ0v) is 9.13. The number of halogens is 1. The summed E-state index contributed by atoms with van der Waals surface area (Å²) in [7, 11) is 0. The van der Waals surface area contributed by atoms with E-state index < -0.39 is 0 Å². The molecule has 0 radical (unpaired) electrons. The number of benzene rings is 1. The lowest BCUT2D eigenvalue weighted by Crippen LogP contribution is -2.22. The molecule has 0 aliphatic rings. The first-order valence-electron chi connectivity index (χ1n) is 5.08. The Morgan fingerprint density at radius 3 is 2.38 bits per heavy atom. The monoisotopic (exact) mass is 223 g/mol. The van der Waals surface area contributed by atoms with Crippen LogP contribution in [0, 0.1) is 5.82 Å². The smallest absolute Gasteiger partial charge is 0.220 e. The van der Waals surface area contributed by atoms with Crippen molar-refractivity contribution in [3.63, 3.8) is 0 Å². The highest BCUT2D eigenvalue weighted by Crippen LogP contribution is 2.02. The van der Waals surface area contributed by atoms with Crippen LogP contribution in [0.2, 0.25) is 0 Å². The molecule has 0 aliphatic heterocycles. The van der Waals surface area contributed by atoms with Crippen LogP contribution in [0.15, 0.2) is 24.3 Å².